The van der Waals surface area contributed by atoms with Gasteiger partial charge >= 0.3 is 0 Å². The molecule has 0 heterocycles. The molecule has 80 valence electrons. The zero-order chi connectivity index (χ0) is 10.8. The summed E-state index contributed by atoms with van der Waals surface area (Å²) in [5.41, 5.74) is 6.93. The molecule has 1 aromatic carbocycles. The number of benzene rings is 1. The molecule has 0 unspecified atom stereocenters. The predicted molar refractivity (Wildman–Crippen MR) is 63.7 cm³/mol. The van der Waals surface area contributed by atoms with Crippen LogP contribution in [0.4, 0.5) is 5.69 Å². The Morgan fingerprint density at radius 1 is 1.47 bits per heavy atom. The number of amides is 1. The molecule has 0 spiro atoms. The molecule has 15 heavy (non-hydrogen) atoms. The Hall–Kier alpha value is -1.03. The number of carbonyl (C=O) groups is 1. The number of nitrogen functional groups attached to an aromatic ring is 1. The highest BCUT2D eigenvalue weighted by Crippen LogP contribution is 2.22. The van der Waals surface area contributed by atoms with Crippen molar-refractivity contribution >= 4 is 27.5 Å². The highest BCUT2D eigenvalue weighted by Gasteiger charge is 2.20. The minimum Gasteiger partial charge on any atom is -0.398 e. The topological polar surface area (TPSA) is 55.1 Å². The van der Waals surface area contributed by atoms with Crippen LogP contribution in [0.5, 0.6) is 0 Å². The van der Waals surface area contributed by atoms with Crippen LogP contribution in [0, 0.1) is 0 Å². The molecule has 0 radical (unpaired) electrons. The highest BCUT2D eigenvalue weighted by atomic mass is 79.9. The number of carbonyl (C=O) groups excluding carboxylic acids is 1. The van der Waals surface area contributed by atoms with Gasteiger partial charge in [-0.3, -0.25) is 4.79 Å². The fourth-order valence-corrected chi connectivity index (χ4v) is 1.75. The quantitative estimate of drug-likeness (QED) is 0.809. The summed E-state index contributed by atoms with van der Waals surface area (Å²) in [4.78, 5) is 11.7. The first-order valence-corrected chi connectivity index (χ1v) is 5.82. The first kappa shape index (κ1) is 10.5. The molecule has 1 fully saturated rings. The zero-order valence-electron chi connectivity index (χ0n) is 8.29. The van der Waals surface area contributed by atoms with Crippen molar-refractivity contribution in [3.05, 3.63) is 28.2 Å². The minimum absolute atomic E-state index is 0.0288. The van der Waals surface area contributed by atoms with Gasteiger partial charge in [0.05, 0.1) is 0 Å². The Morgan fingerprint density at radius 3 is 2.73 bits per heavy atom. The van der Waals surface area contributed by atoms with Crippen molar-refractivity contribution < 1.29 is 4.79 Å². The summed E-state index contributed by atoms with van der Waals surface area (Å²) >= 11 is 3.30. The molecule has 0 saturated heterocycles. The van der Waals surface area contributed by atoms with Gasteiger partial charge < -0.3 is 11.1 Å². The molecule has 0 atom stereocenters. The van der Waals surface area contributed by atoms with Crippen LogP contribution < -0.4 is 11.1 Å². The third-order valence-corrected chi connectivity index (χ3v) is 3.42. The summed E-state index contributed by atoms with van der Waals surface area (Å²) in [5, 5.41) is 2.97. The van der Waals surface area contributed by atoms with E-state index in [9.17, 15) is 4.79 Å². The molecule has 1 saturated carbocycles. The lowest BCUT2D eigenvalue weighted by Gasteiger charge is -2.26. The lowest BCUT2D eigenvalue weighted by atomic mass is 9.93. The van der Waals surface area contributed by atoms with Crippen LogP contribution in [-0.4, -0.2) is 11.9 Å². The predicted octanol–water partition coefficient (Wildman–Crippen LogP) is 2.31. The van der Waals surface area contributed by atoms with Gasteiger partial charge in [0.25, 0.3) is 5.91 Å². The molecule has 3 N–H and O–H groups in total. The molecular formula is C11H13BrN2O. The first-order chi connectivity index (χ1) is 7.16. The van der Waals surface area contributed by atoms with Gasteiger partial charge in [-0.05, 0) is 53.4 Å². The summed E-state index contributed by atoms with van der Waals surface area (Å²) < 4.78 is 0.822. The van der Waals surface area contributed by atoms with Crippen LogP contribution in [0.15, 0.2) is 22.7 Å². The summed E-state index contributed by atoms with van der Waals surface area (Å²) in [6, 6.07) is 5.62. The third-order valence-electron chi connectivity index (χ3n) is 2.70. The minimum atomic E-state index is -0.0288. The van der Waals surface area contributed by atoms with Gasteiger partial charge in [-0.2, -0.15) is 0 Å². The van der Waals surface area contributed by atoms with E-state index in [4.69, 9.17) is 5.73 Å². The maximum absolute atomic E-state index is 11.7. The van der Waals surface area contributed by atoms with Crippen LogP contribution in [0.25, 0.3) is 0 Å². The molecule has 0 aromatic heterocycles. The van der Waals surface area contributed by atoms with Crippen molar-refractivity contribution in [3.63, 3.8) is 0 Å². The second-order valence-electron chi connectivity index (χ2n) is 3.84. The smallest absolute Gasteiger partial charge is 0.251 e. The largest absolute Gasteiger partial charge is 0.398 e. The average Bonchev–Trinajstić information content (AvgIpc) is 2.15. The van der Waals surface area contributed by atoms with Crippen LogP contribution in [-0.2, 0) is 0 Å². The lowest BCUT2D eigenvalue weighted by Crippen LogP contribution is -2.39. The average molecular weight is 269 g/mol. The van der Waals surface area contributed by atoms with Crippen LogP contribution in [0.2, 0.25) is 0 Å². The molecule has 4 heteroatoms. The van der Waals surface area contributed by atoms with Crippen molar-refractivity contribution in [2.45, 2.75) is 25.3 Å². The van der Waals surface area contributed by atoms with Gasteiger partial charge in [0.2, 0.25) is 0 Å². The first-order valence-electron chi connectivity index (χ1n) is 5.02. The number of rotatable bonds is 2. The van der Waals surface area contributed by atoms with Crippen molar-refractivity contribution in [2.75, 3.05) is 5.73 Å². The van der Waals surface area contributed by atoms with Gasteiger partial charge in [0.1, 0.15) is 0 Å². The van der Waals surface area contributed by atoms with E-state index in [1.54, 1.807) is 18.2 Å². The van der Waals surface area contributed by atoms with E-state index in [0.29, 0.717) is 17.3 Å². The molecule has 3 nitrogen and oxygen atoms in total. The molecule has 1 aliphatic carbocycles. The molecule has 1 amide bonds. The van der Waals surface area contributed by atoms with Crippen molar-refractivity contribution in [1.29, 1.82) is 0 Å². The van der Waals surface area contributed by atoms with Gasteiger partial charge in [0.15, 0.2) is 0 Å². The normalized spacial score (nSPS) is 15.8. The fourth-order valence-electron chi connectivity index (χ4n) is 1.51. The van der Waals surface area contributed by atoms with E-state index in [-0.39, 0.29) is 5.91 Å². The third kappa shape index (κ3) is 2.31. The summed E-state index contributed by atoms with van der Waals surface area (Å²) in [7, 11) is 0. The van der Waals surface area contributed by atoms with E-state index in [1.165, 1.54) is 6.42 Å². The highest BCUT2D eigenvalue weighted by molar-refractivity contribution is 9.10. The van der Waals surface area contributed by atoms with Crippen LogP contribution in [0.1, 0.15) is 29.6 Å². The second kappa shape index (κ2) is 4.23. The maximum Gasteiger partial charge on any atom is 0.251 e. The van der Waals surface area contributed by atoms with Gasteiger partial charge in [-0.15, -0.1) is 0 Å². The summed E-state index contributed by atoms with van der Waals surface area (Å²) in [6.07, 6.45) is 3.41. The Labute approximate surface area is 97.2 Å². The van der Waals surface area contributed by atoms with E-state index in [2.05, 4.69) is 21.2 Å². The summed E-state index contributed by atoms with van der Waals surface area (Å²) in [6.45, 7) is 0. The van der Waals surface area contributed by atoms with E-state index >= 15 is 0 Å². The van der Waals surface area contributed by atoms with Gasteiger partial charge in [-0.25, -0.2) is 0 Å². The molecule has 1 aromatic rings. The number of anilines is 1. The summed E-state index contributed by atoms with van der Waals surface area (Å²) in [5.74, 6) is -0.0288. The standard InChI is InChI=1S/C11H13BrN2O/c12-9-5-4-7(6-10(9)13)11(15)14-8-2-1-3-8/h4-6,8H,1-3,13H2,(H,14,15). The molecule has 2 rings (SSSR count). The molecular weight excluding hydrogens is 256 g/mol. The maximum atomic E-state index is 11.7. The number of halogens is 1. The van der Waals surface area contributed by atoms with Gasteiger partial charge in [-0.1, -0.05) is 0 Å². The number of nitrogens with two attached hydrogens (primary N) is 1. The van der Waals surface area contributed by atoms with Crippen LogP contribution >= 0.6 is 15.9 Å². The monoisotopic (exact) mass is 268 g/mol. The Kier molecular flexibility index (Phi) is 2.95. The zero-order valence-corrected chi connectivity index (χ0v) is 9.88. The Bertz CT molecular complexity index is 388. The van der Waals surface area contributed by atoms with Gasteiger partial charge in [0, 0.05) is 21.8 Å². The van der Waals surface area contributed by atoms with E-state index < -0.39 is 0 Å². The Balaban J connectivity index is 2.07. The SMILES string of the molecule is Nc1cc(C(=O)NC2CCC2)ccc1Br. The van der Waals surface area contributed by atoms with Crippen molar-refractivity contribution in [3.8, 4) is 0 Å². The number of hydrogen-bond donors (Lipinski definition) is 2. The number of hydrogen-bond acceptors (Lipinski definition) is 2. The van der Waals surface area contributed by atoms with Crippen LogP contribution in [0.3, 0.4) is 0 Å². The second-order valence-corrected chi connectivity index (χ2v) is 4.69. The van der Waals surface area contributed by atoms with Crippen molar-refractivity contribution in [1.82, 2.24) is 5.32 Å². The fraction of sp³-hybridized carbons (Fsp3) is 0.364. The molecule has 0 bridgehead atoms. The molecule has 1 aliphatic rings. The number of nitrogens with one attached hydrogen (secondary N) is 1. The Morgan fingerprint density at radius 2 is 2.20 bits per heavy atom. The van der Waals surface area contributed by atoms with E-state index in [0.717, 1.165) is 17.3 Å². The van der Waals surface area contributed by atoms with Crippen molar-refractivity contribution in [2.24, 2.45) is 0 Å². The van der Waals surface area contributed by atoms with E-state index in [1.807, 2.05) is 0 Å². The molecule has 0 aliphatic heterocycles. The lowest BCUT2D eigenvalue weighted by molar-refractivity contribution is 0.0917.